The van der Waals surface area contributed by atoms with E-state index in [-0.39, 0.29) is 25.7 Å². The molecular weight excluding hydrogens is 1170 g/mol. The average molecular weight is 1310 g/mol. The first-order valence-corrected chi connectivity index (χ1v) is 39.3. The standard InChI is InChI=1S/C70H136O17P2/c1-8-9-10-11-12-23-29-37-44-51-67(72)80-58-66(87-70(75)54-47-40-33-32-36-43-50-63(6)7)60-85-89(78,79)83-56-64(71)55-82-88(76,77)84-59-65(57-81-68(73)52-45-38-31-26-28-35-42-49-62(4)5)86-69(74)53-46-39-30-25-22-20-18-16-14-13-15-17-19-21-24-27-34-41-48-61(2)3/h61-66,71H,8-60H2,1-7H3,(H,76,77)(H,78,79)/t64-,65-,66-/m1/s1. The van der Waals surface area contributed by atoms with E-state index in [1.54, 1.807) is 0 Å². The lowest BCUT2D eigenvalue weighted by Gasteiger charge is -2.21. The second kappa shape index (κ2) is 61.0. The number of aliphatic hydroxyl groups excluding tert-OH is 1. The topological polar surface area (TPSA) is 237 Å². The molecule has 0 saturated heterocycles. The molecular formula is C70H136O17P2. The summed E-state index contributed by atoms with van der Waals surface area (Å²) in [6, 6.07) is 0. The normalized spacial score (nSPS) is 14.2. The number of esters is 4. The van der Waals surface area contributed by atoms with E-state index in [4.69, 9.17) is 37.0 Å². The molecule has 19 heteroatoms. The van der Waals surface area contributed by atoms with Gasteiger partial charge in [0.05, 0.1) is 26.4 Å². The number of ether oxygens (including phenoxy) is 4. The molecule has 0 aromatic carbocycles. The molecule has 89 heavy (non-hydrogen) atoms. The monoisotopic (exact) mass is 1310 g/mol. The summed E-state index contributed by atoms with van der Waals surface area (Å²) >= 11 is 0. The van der Waals surface area contributed by atoms with Crippen molar-refractivity contribution >= 4 is 39.5 Å². The Morgan fingerprint density at radius 1 is 0.303 bits per heavy atom. The molecule has 0 amide bonds. The van der Waals surface area contributed by atoms with Crippen molar-refractivity contribution in [2.75, 3.05) is 39.6 Å². The molecule has 0 saturated carbocycles. The van der Waals surface area contributed by atoms with Crippen LogP contribution in [0.5, 0.6) is 0 Å². The summed E-state index contributed by atoms with van der Waals surface area (Å²) < 4.78 is 68.1. The van der Waals surface area contributed by atoms with Crippen LogP contribution in [-0.4, -0.2) is 96.7 Å². The second-order valence-corrected chi connectivity index (χ2v) is 29.6. The van der Waals surface area contributed by atoms with Crippen molar-refractivity contribution in [2.24, 2.45) is 17.8 Å². The molecule has 0 bridgehead atoms. The molecule has 0 rings (SSSR count). The van der Waals surface area contributed by atoms with Gasteiger partial charge in [0.15, 0.2) is 12.2 Å². The Morgan fingerprint density at radius 3 is 0.764 bits per heavy atom. The predicted octanol–water partition coefficient (Wildman–Crippen LogP) is 19.8. The number of carbonyl (C=O) groups excluding carboxylic acids is 4. The van der Waals surface area contributed by atoms with Gasteiger partial charge in [0, 0.05) is 25.7 Å². The number of rotatable bonds is 68. The fraction of sp³-hybridized carbons (Fsp3) is 0.943. The number of phosphoric acid groups is 2. The van der Waals surface area contributed by atoms with Gasteiger partial charge >= 0.3 is 39.5 Å². The van der Waals surface area contributed by atoms with Crippen LogP contribution in [0.2, 0.25) is 0 Å². The van der Waals surface area contributed by atoms with E-state index >= 15 is 0 Å². The summed E-state index contributed by atoms with van der Waals surface area (Å²) in [6.45, 7) is 11.7. The average Bonchev–Trinajstić information content (AvgIpc) is 3.53. The van der Waals surface area contributed by atoms with Crippen LogP contribution in [0.1, 0.15) is 350 Å². The third-order valence-electron chi connectivity index (χ3n) is 16.1. The Kier molecular flexibility index (Phi) is 59.6. The van der Waals surface area contributed by atoms with Gasteiger partial charge in [0.2, 0.25) is 0 Å². The van der Waals surface area contributed by atoms with Crippen LogP contribution in [0.25, 0.3) is 0 Å². The van der Waals surface area contributed by atoms with Crippen molar-refractivity contribution in [1.29, 1.82) is 0 Å². The molecule has 3 N–H and O–H groups in total. The molecule has 5 atom stereocenters. The van der Waals surface area contributed by atoms with Crippen LogP contribution >= 0.6 is 15.6 Å². The van der Waals surface area contributed by atoms with Gasteiger partial charge in [0.1, 0.15) is 19.3 Å². The van der Waals surface area contributed by atoms with Gasteiger partial charge in [-0.15, -0.1) is 0 Å². The van der Waals surface area contributed by atoms with E-state index in [0.717, 1.165) is 102 Å². The molecule has 0 aromatic heterocycles. The second-order valence-electron chi connectivity index (χ2n) is 26.7. The zero-order valence-electron chi connectivity index (χ0n) is 57.9. The van der Waals surface area contributed by atoms with Gasteiger partial charge < -0.3 is 33.8 Å². The minimum atomic E-state index is -4.95. The van der Waals surface area contributed by atoms with E-state index in [9.17, 15) is 43.2 Å². The van der Waals surface area contributed by atoms with Crippen LogP contribution in [0, 0.1) is 17.8 Å². The maximum Gasteiger partial charge on any atom is 0.472 e. The van der Waals surface area contributed by atoms with E-state index < -0.39 is 97.5 Å². The lowest BCUT2D eigenvalue weighted by molar-refractivity contribution is -0.161. The summed E-state index contributed by atoms with van der Waals surface area (Å²) in [6.07, 6.45) is 44.9. The van der Waals surface area contributed by atoms with Gasteiger partial charge in [-0.1, -0.05) is 299 Å². The molecule has 528 valence electrons. The lowest BCUT2D eigenvalue weighted by Crippen LogP contribution is -2.30. The smallest absolute Gasteiger partial charge is 0.462 e. The third-order valence-corrected chi connectivity index (χ3v) is 18.0. The van der Waals surface area contributed by atoms with Gasteiger partial charge in [0.25, 0.3) is 0 Å². The molecule has 0 aliphatic rings. The number of aliphatic hydroxyl groups is 1. The molecule has 0 radical (unpaired) electrons. The summed E-state index contributed by atoms with van der Waals surface area (Å²) in [7, 11) is -9.89. The first-order chi connectivity index (χ1) is 42.7. The molecule has 0 fully saturated rings. The van der Waals surface area contributed by atoms with Crippen molar-refractivity contribution in [3.8, 4) is 0 Å². The van der Waals surface area contributed by atoms with Crippen LogP contribution < -0.4 is 0 Å². The number of unbranched alkanes of at least 4 members (excludes halogenated alkanes) is 36. The fourth-order valence-electron chi connectivity index (χ4n) is 10.5. The zero-order valence-corrected chi connectivity index (χ0v) is 59.7. The summed E-state index contributed by atoms with van der Waals surface area (Å²) in [4.78, 5) is 72.3. The van der Waals surface area contributed by atoms with Gasteiger partial charge in [-0.3, -0.25) is 37.3 Å². The predicted molar refractivity (Wildman–Crippen MR) is 358 cm³/mol. The number of hydrogen-bond acceptors (Lipinski definition) is 15. The number of carbonyl (C=O) groups is 4. The first kappa shape index (κ1) is 87.1. The van der Waals surface area contributed by atoms with E-state index in [1.807, 2.05) is 0 Å². The van der Waals surface area contributed by atoms with Crippen LogP contribution in [0.3, 0.4) is 0 Å². The molecule has 0 heterocycles. The highest BCUT2D eigenvalue weighted by Crippen LogP contribution is 2.45. The van der Waals surface area contributed by atoms with E-state index in [2.05, 4.69) is 48.5 Å². The van der Waals surface area contributed by atoms with Gasteiger partial charge in [-0.25, -0.2) is 9.13 Å². The fourth-order valence-corrected chi connectivity index (χ4v) is 12.1. The van der Waals surface area contributed by atoms with Crippen molar-refractivity contribution in [3.63, 3.8) is 0 Å². The zero-order chi connectivity index (χ0) is 65.9. The quantitative estimate of drug-likeness (QED) is 0.0222. The number of hydrogen-bond donors (Lipinski definition) is 3. The third kappa shape index (κ3) is 64.6. The minimum Gasteiger partial charge on any atom is -0.462 e. The van der Waals surface area contributed by atoms with Crippen molar-refractivity contribution in [3.05, 3.63) is 0 Å². The Bertz CT molecular complexity index is 1750. The Balaban J connectivity index is 5.13. The Morgan fingerprint density at radius 2 is 0.517 bits per heavy atom. The molecule has 0 aliphatic carbocycles. The van der Waals surface area contributed by atoms with Crippen LogP contribution in [-0.2, 0) is 65.4 Å². The SMILES string of the molecule is CCCCCCCCCCCC(=O)OC[C@H](COP(=O)(O)OC[C@H](O)COP(=O)(O)OC[C@@H](COC(=O)CCCCCCCCCC(C)C)OC(=O)CCCCCCCCCCCCCCCCCCCCC(C)C)OC(=O)CCCCCCCCC(C)C. The van der Waals surface area contributed by atoms with Crippen molar-refractivity contribution < 1.29 is 80.2 Å². The highest BCUT2D eigenvalue weighted by molar-refractivity contribution is 7.47. The Labute approximate surface area is 543 Å². The molecule has 17 nitrogen and oxygen atoms in total. The molecule has 0 aliphatic heterocycles. The number of phosphoric ester groups is 2. The van der Waals surface area contributed by atoms with Crippen molar-refractivity contribution in [2.45, 2.75) is 369 Å². The van der Waals surface area contributed by atoms with Crippen molar-refractivity contribution in [1.82, 2.24) is 0 Å². The summed E-state index contributed by atoms with van der Waals surface area (Å²) in [5, 5.41) is 10.6. The highest BCUT2D eigenvalue weighted by atomic mass is 31.2. The van der Waals surface area contributed by atoms with E-state index in [0.29, 0.717) is 37.5 Å². The Hall–Kier alpha value is -1.94. The minimum absolute atomic E-state index is 0.102. The maximum absolute atomic E-state index is 13.0. The van der Waals surface area contributed by atoms with E-state index in [1.165, 1.54) is 154 Å². The van der Waals surface area contributed by atoms with Crippen LogP contribution in [0.15, 0.2) is 0 Å². The molecule has 0 aromatic rings. The lowest BCUT2D eigenvalue weighted by atomic mass is 10.0. The van der Waals surface area contributed by atoms with Crippen LogP contribution in [0.4, 0.5) is 0 Å². The maximum atomic E-state index is 13.0. The summed E-state index contributed by atoms with van der Waals surface area (Å²) in [5.41, 5.74) is 0. The van der Waals surface area contributed by atoms with Gasteiger partial charge in [-0.2, -0.15) is 0 Å². The molecule has 2 unspecified atom stereocenters. The molecule has 0 spiro atoms. The summed E-state index contributed by atoms with van der Waals surface area (Å²) in [5.74, 6) is 0.0607. The van der Waals surface area contributed by atoms with Gasteiger partial charge in [-0.05, 0) is 43.4 Å². The highest BCUT2D eigenvalue weighted by Gasteiger charge is 2.30. The first-order valence-electron chi connectivity index (χ1n) is 36.3. The largest absolute Gasteiger partial charge is 0.472 e.